The maximum Gasteiger partial charge on any atom is 0.147 e. The molecule has 0 saturated heterocycles. The highest BCUT2D eigenvalue weighted by Gasteiger charge is 2.09. The molecule has 1 aromatic carbocycles. The van der Waals surface area contributed by atoms with Crippen molar-refractivity contribution in [1.29, 1.82) is 0 Å². The van der Waals surface area contributed by atoms with E-state index < -0.39 is 0 Å². The van der Waals surface area contributed by atoms with Crippen molar-refractivity contribution in [3.8, 4) is 5.75 Å². The minimum Gasteiger partial charge on any atom is -0.490 e. The number of hydrogen-bond acceptors (Lipinski definition) is 3. The Bertz CT molecular complexity index is 372. The van der Waals surface area contributed by atoms with Gasteiger partial charge in [-0.25, -0.2) is 0 Å². The summed E-state index contributed by atoms with van der Waals surface area (Å²) in [4.78, 5) is 2.34. The van der Waals surface area contributed by atoms with Crippen molar-refractivity contribution >= 4 is 31.9 Å². The average molecular weight is 394 g/mol. The highest BCUT2D eigenvalue weighted by atomic mass is 79.9. The van der Waals surface area contributed by atoms with Crippen LogP contribution in [0.25, 0.3) is 0 Å². The lowest BCUT2D eigenvalue weighted by Gasteiger charge is -2.19. The van der Waals surface area contributed by atoms with Crippen LogP contribution in [0.4, 0.5) is 0 Å². The van der Waals surface area contributed by atoms with Gasteiger partial charge in [0.1, 0.15) is 12.4 Å². The molecule has 0 saturated carbocycles. The fourth-order valence-electron chi connectivity index (χ4n) is 1.88. The number of likely N-dealkylation sites (N-methyl/N-ethyl adjacent to an activating group) is 1. The van der Waals surface area contributed by atoms with E-state index in [4.69, 9.17) is 10.5 Å². The number of benzene rings is 1. The van der Waals surface area contributed by atoms with Gasteiger partial charge < -0.3 is 15.4 Å². The summed E-state index contributed by atoms with van der Waals surface area (Å²) in [6.45, 7) is 8.72. The molecule has 0 atom stereocenters. The summed E-state index contributed by atoms with van der Waals surface area (Å²) in [6, 6.07) is 4.15. The molecule has 0 unspecified atom stereocenters. The van der Waals surface area contributed by atoms with Crippen molar-refractivity contribution in [3.05, 3.63) is 26.6 Å². The van der Waals surface area contributed by atoms with Gasteiger partial charge in [-0.1, -0.05) is 13.8 Å². The molecule has 19 heavy (non-hydrogen) atoms. The third-order valence-electron chi connectivity index (χ3n) is 3.04. The summed E-state index contributed by atoms with van der Waals surface area (Å²) in [5.74, 6) is 0.868. The van der Waals surface area contributed by atoms with Gasteiger partial charge in [0.2, 0.25) is 0 Å². The monoisotopic (exact) mass is 392 g/mol. The molecule has 5 heteroatoms. The minimum absolute atomic E-state index is 0.654. The van der Waals surface area contributed by atoms with Crippen molar-refractivity contribution in [2.45, 2.75) is 20.3 Å². The number of hydrogen-bond donors (Lipinski definition) is 1. The predicted octanol–water partition coefficient (Wildman–Crippen LogP) is 3.43. The first-order valence-corrected chi connectivity index (χ1v) is 8.24. The topological polar surface area (TPSA) is 38.5 Å². The first kappa shape index (κ1) is 17.0. The maximum absolute atomic E-state index is 5.87. The van der Waals surface area contributed by atoms with Gasteiger partial charge in [-0.15, -0.1) is 0 Å². The highest BCUT2D eigenvalue weighted by molar-refractivity contribution is 9.11. The lowest BCUT2D eigenvalue weighted by molar-refractivity contribution is 0.221. The first-order valence-electron chi connectivity index (χ1n) is 6.65. The van der Waals surface area contributed by atoms with Crippen molar-refractivity contribution in [2.75, 3.05) is 32.8 Å². The normalized spacial score (nSPS) is 11.1. The second-order valence-electron chi connectivity index (χ2n) is 4.30. The molecule has 0 radical (unpaired) electrons. The molecular weight excluding hydrogens is 372 g/mol. The summed E-state index contributed by atoms with van der Waals surface area (Å²) in [7, 11) is 0. The van der Waals surface area contributed by atoms with Crippen molar-refractivity contribution in [1.82, 2.24) is 4.90 Å². The van der Waals surface area contributed by atoms with Crippen LogP contribution in [0.1, 0.15) is 19.4 Å². The molecule has 1 aromatic rings. The molecule has 2 N–H and O–H groups in total. The zero-order valence-corrected chi connectivity index (χ0v) is 14.8. The maximum atomic E-state index is 5.87. The molecule has 0 fully saturated rings. The van der Waals surface area contributed by atoms with Crippen LogP contribution >= 0.6 is 31.9 Å². The number of nitrogens with two attached hydrogens (primary N) is 1. The van der Waals surface area contributed by atoms with Gasteiger partial charge >= 0.3 is 0 Å². The van der Waals surface area contributed by atoms with Gasteiger partial charge in [-0.05, 0) is 75.6 Å². The Hall–Kier alpha value is -0.100. The predicted molar refractivity (Wildman–Crippen MR) is 87.9 cm³/mol. The van der Waals surface area contributed by atoms with E-state index >= 15 is 0 Å². The van der Waals surface area contributed by atoms with E-state index in [1.165, 1.54) is 5.56 Å². The van der Waals surface area contributed by atoms with Gasteiger partial charge in [0, 0.05) is 6.54 Å². The number of ether oxygens (including phenoxy) is 1. The number of rotatable bonds is 8. The van der Waals surface area contributed by atoms with E-state index in [2.05, 4.69) is 62.7 Å². The largest absolute Gasteiger partial charge is 0.490 e. The van der Waals surface area contributed by atoms with Crippen molar-refractivity contribution < 1.29 is 4.74 Å². The van der Waals surface area contributed by atoms with Crippen LogP contribution in [0.15, 0.2) is 21.1 Å². The van der Waals surface area contributed by atoms with E-state index in [0.29, 0.717) is 13.2 Å². The third-order valence-corrected chi connectivity index (χ3v) is 4.22. The lowest BCUT2D eigenvalue weighted by atomic mass is 10.1. The van der Waals surface area contributed by atoms with Gasteiger partial charge in [0.15, 0.2) is 0 Å². The van der Waals surface area contributed by atoms with Crippen LogP contribution in [0.3, 0.4) is 0 Å². The Balaban J connectivity index is 2.63. The summed E-state index contributed by atoms with van der Waals surface area (Å²) in [5, 5.41) is 0. The first-order chi connectivity index (χ1) is 9.12. The smallest absolute Gasteiger partial charge is 0.147 e. The minimum atomic E-state index is 0.654. The van der Waals surface area contributed by atoms with Crippen LogP contribution in [0, 0.1) is 0 Å². The summed E-state index contributed by atoms with van der Waals surface area (Å²) >= 11 is 7.12. The quantitative estimate of drug-likeness (QED) is 0.735. The van der Waals surface area contributed by atoms with Crippen molar-refractivity contribution in [3.63, 3.8) is 0 Å². The third kappa shape index (κ3) is 5.42. The Morgan fingerprint density at radius 2 is 1.74 bits per heavy atom. The Morgan fingerprint density at radius 3 is 2.21 bits per heavy atom. The second-order valence-corrected chi connectivity index (χ2v) is 6.01. The Kier molecular flexibility index (Phi) is 7.99. The van der Waals surface area contributed by atoms with Gasteiger partial charge in [0.25, 0.3) is 0 Å². The Morgan fingerprint density at radius 1 is 1.16 bits per heavy atom. The molecule has 0 aliphatic carbocycles. The van der Waals surface area contributed by atoms with E-state index in [1.807, 2.05) is 0 Å². The zero-order valence-electron chi connectivity index (χ0n) is 11.6. The molecule has 0 spiro atoms. The fourth-order valence-corrected chi connectivity index (χ4v) is 3.39. The lowest BCUT2D eigenvalue weighted by Crippen LogP contribution is -2.28. The standard InChI is InChI=1S/C14H22Br2N2O/c1-3-18(4-2)7-8-19-14-12(15)9-11(5-6-17)10-13(14)16/h9-10H,3-8,17H2,1-2H3. The molecule has 0 aromatic heterocycles. The Labute approximate surface area is 132 Å². The van der Waals surface area contributed by atoms with E-state index in [1.54, 1.807) is 0 Å². The van der Waals surface area contributed by atoms with Gasteiger partial charge in [0.05, 0.1) is 8.95 Å². The molecule has 3 nitrogen and oxygen atoms in total. The molecule has 0 aliphatic heterocycles. The van der Waals surface area contributed by atoms with Gasteiger partial charge in [-0.3, -0.25) is 0 Å². The zero-order chi connectivity index (χ0) is 14.3. The van der Waals surface area contributed by atoms with E-state index in [0.717, 1.165) is 40.8 Å². The second kappa shape index (κ2) is 8.95. The van der Waals surface area contributed by atoms with Crippen LogP contribution in [0.5, 0.6) is 5.75 Å². The van der Waals surface area contributed by atoms with E-state index in [-0.39, 0.29) is 0 Å². The van der Waals surface area contributed by atoms with Crippen molar-refractivity contribution in [2.24, 2.45) is 5.73 Å². The number of nitrogens with zero attached hydrogens (tertiary/aromatic N) is 1. The molecule has 0 heterocycles. The van der Waals surface area contributed by atoms with Crippen LogP contribution in [0.2, 0.25) is 0 Å². The molecule has 0 bridgehead atoms. The molecule has 0 aliphatic rings. The molecule has 108 valence electrons. The average Bonchev–Trinajstić information content (AvgIpc) is 2.38. The molecule has 1 rings (SSSR count). The number of halogens is 2. The summed E-state index contributed by atoms with van der Waals surface area (Å²) in [6.07, 6.45) is 0.872. The van der Waals surface area contributed by atoms with Crippen LogP contribution < -0.4 is 10.5 Å². The van der Waals surface area contributed by atoms with E-state index in [9.17, 15) is 0 Å². The van der Waals surface area contributed by atoms with Crippen LogP contribution in [-0.2, 0) is 6.42 Å². The SMILES string of the molecule is CCN(CC)CCOc1c(Br)cc(CCN)cc1Br. The fraction of sp³-hybridized carbons (Fsp3) is 0.571. The summed E-state index contributed by atoms with van der Waals surface area (Å²) in [5.41, 5.74) is 6.78. The van der Waals surface area contributed by atoms with Crippen LogP contribution in [-0.4, -0.2) is 37.7 Å². The summed E-state index contributed by atoms with van der Waals surface area (Å²) < 4.78 is 7.82. The highest BCUT2D eigenvalue weighted by Crippen LogP contribution is 2.34. The molecular formula is C14H22Br2N2O. The molecule has 0 amide bonds. The van der Waals surface area contributed by atoms with Gasteiger partial charge in [-0.2, -0.15) is 0 Å².